The molecule has 2 saturated heterocycles. The molecular formula is C21H30F3N3O. The van der Waals surface area contributed by atoms with Crippen molar-refractivity contribution in [3.05, 3.63) is 35.4 Å². The van der Waals surface area contributed by atoms with Crippen molar-refractivity contribution in [3.63, 3.8) is 0 Å². The van der Waals surface area contributed by atoms with Gasteiger partial charge in [0.1, 0.15) is 0 Å². The summed E-state index contributed by atoms with van der Waals surface area (Å²) in [6, 6.07) is 5.61. The summed E-state index contributed by atoms with van der Waals surface area (Å²) in [4.78, 5) is 18.9. The third-order valence-corrected chi connectivity index (χ3v) is 5.89. The molecule has 0 bridgehead atoms. The van der Waals surface area contributed by atoms with E-state index < -0.39 is 11.7 Å². The summed E-state index contributed by atoms with van der Waals surface area (Å²) in [6.07, 6.45) is -0.735. The standard InChI is InChI=1S/C21H30F3N3O/c1-25-10-12-27(13-11-25)20(28)8-7-17-5-3-9-26(15-17)16-18-4-2-6-19(14-18)21(22,23)24/h2,4,6,14,17H,3,5,7-13,15-16H2,1H3. The highest BCUT2D eigenvalue weighted by Gasteiger charge is 2.30. The number of halogens is 3. The Labute approximate surface area is 165 Å². The monoisotopic (exact) mass is 397 g/mol. The van der Waals surface area contributed by atoms with Crippen molar-refractivity contribution in [1.29, 1.82) is 0 Å². The second-order valence-corrected chi connectivity index (χ2v) is 8.16. The van der Waals surface area contributed by atoms with E-state index in [0.29, 0.717) is 24.4 Å². The maximum absolute atomic E-state index is 12.9. The molecule has 2 aliphatic rings. The van der Waals surface area contributed by atoms with Crippen molar-refractivity contribution in [1.82, 2.24) is 14.7 Å². The van der Waals surface area contributed by atoms with Crippen LogP contribution in [-0.2, 0) is 17.5 Å². The SMILES string of the molecule is CN1CCN(C(=O)CCC2CCCN(Cc3cccc(C(F)(F)F)c3)C2)CC1. The Morgan fingerprint density at radius 3 is 2.61 bits per heavy atom. The fraction of sp³-hybridized carbons (Fsp3) is 0.667. The predicted molar refractivity (Wildman–Crippen MR) is 103 cm³/mol. The van der Waals surface area contributed by atoms with Gasteiger partial charge in [0, 0.05) is 45.7 Å². The molecule has 1 aromatic rings. The molecule has 1 aromatic carbocycles. The molecule has 1 atom stereocenters. The van der Waals surface area contributed by atoms with Crippen molar-refractivity contribution >= 4 is 5.91 Å². The predicted octanol–water partition coefficient (Wildman–Crippen LogP) is 3.47. The first-order chi connectivity index (χ1) is 13.3. The van der Waals surface area contributed by atoms with Crippen molar-refractivity contribution in [2.24, 2.45) is 5.92 Å². The summed E-state index contributed by atoms with van der Waals surface area (Å²) in [5.41, 5.74) is 0.111. The highest BCUT2D eigenvalue weighted by molar-refractivity contribution is 5.76. The molecule has 1 amide bonds. The third-order valence-electron chi connectivity index (χ3n) is 5.89. The van der Waals surface area contributed by atoms with Gasteiger partial charge >= 0.3 is 6.18 Å². The van der Waals surface area contributed by atoms with Gasteiger partial charge in [0.15, 0.2) is 0 Å². The van der Waals surface area contributed by atoms with E-state index in [1.807, 2.05) is 4.90 Å². The van der Waals surface area contributed by atoms with Crippen LogP contribution in [0.4, 0.5) is 13.2 Å². The van der Waals surface area contributed by atoms with Gasteiger partial charge in [-0.3, -0.25) is 9.69 Å². The molecule has 2 heterocycles. The zero-order valence-corrected chi connectivity index (χ0v) is 16.5. The fourth-order valence-corrected chi connectivity index (χ4v) is 4.18. The quantitative estimate of drug-likeness (QED) is 0.761. The van der Waals surface area contributed by atoms with Gasteiger partial charge in [-0.1, -0.05) is 18.2 Å². The fourth-order valence-electron chi connectivity index (χ4n) is 4.18. The van der Waals surface area contributed by atoms with E-state index in [4.69, 9.17) is 0 Å². The minimum atomic E-state index is -4.30. The molecule has 28 heavy (non-hydrogen) atoms. The van der Waals surface area contributed by atoms with Crippen molar-refractivity contribution in [2.75, 3.05) is 46.3 Å². The lowest BCUT2D eigenvalue weighted by Gasteiger charge is -2.34. The van der Waals surface area contributed by atoms with Gasteiger partial charge in [-0.25, -0.2) is 0 Å². The molecule has 3 rings (SSSR count). The van der Waals surface area contributed by atoms with E-state index in [0.717, 1.165) is 64.6 Å². The van der Waals surface area contributed by atoms with Gasteiger partial charge in [0.05, 0.1) is 5.56 Å². The topological polar surface area (TPSA) is 26.8 Å². The maximum Gasteiger partial charge on any atom is 0.416 e. The van der Waals surface area contributed by atoms with Crippen LogP contribution in [-0.4, -0.2) is 66.9 Å². The van der Waals surface area contributed by atoms with Crippen LogP contribution in [0.2, 0.25) is 0 Å². The van der Waals surface area contributed by atoms with E-state index in [2.05, 4.69) is 16.8 Å². The van der Waals surface area contributed by atoms with Gasteiger partial charge in [0.25, 0.3) is 0 Å². The molecule has 0 spiro atoms. The molecule has 7 heteroatoms. The van der Waals surface area contributed by atoms with E-state index in [1.54, 1.807) is 6.07 Å². The molecular weight excluding hydrogens is 367 g/mol. The number of alkyl halides is 3. The molecule has 1 unspecified atom stereocenters. The number of likely N-dealkylation sites (tertiary alicyclic amines) is 1. The number of hydrogen-bond acceptors (Lipinski definition) is 3. The van der Waals surface area contributed by atoms with Crippen LogP contribution in [0, 0.1) is 5.92 Å². The van der Waals surface area contributed by atoms with Crippen LogP contribution in [0.3, 0.4) is 0 Å². The van der Waals surface area contributed by atoms with E-state index in [1.165, 1.54) is 12.1 Å². The number of likely N-dealkylation sites (N-methyl/N-ethyl adjacent to an activating group) is 1. The highest BCUT2D eigenvalue weighted by Crippen LogP contribution is 2.30. The molecule has 4 nitrogen and oxygen atoms in total. The van der Waals surface area contributed by atoms with Gasteiger partial charge in [-0.2, -0.15) is 13.2 Å². The first-order valence-corrected chi connectivity index (χ1v) is 10.2. The molecule has 2 aliphatic heterocycles. The largest absolute Gasteiger partial charge is 0.416 e. The lowest BCUT2D eigenvalue weighted by Crippen LogP contribution is -2.47. The number of rotatable bonds is 5. The normalized spacial score (nSPS) is 22.4. The third kappa shape index (κ3) is 5.95. The highest BCUT2D eigenvalue weighted by atomic mass is 19.4. The molecule has 0 saturated carbocycles. The average molecular weight is 397 g/mol. The van der Waals surface area contributed by atoms with Crippen LogP contribution in [0.25, 0.3) is 0 Å². The van der Waals surface area contributed by atoms with Gasteiger partial charge < -0.3 is 9.80 Å². The Morgan fingerprint density at radius 2 is 1.89 bits per heavy atom. The van der Waals surface area contributed by atoms with Gasteiger partial charge in [0.2, 0.25) is 5.91 Å². The summed E-state index contributed by atoms with van der Waals surface area (Å²) in [5.74, 6) is 0.680. The molecule has 0 radical (unpaired) electrons. The first-order valence-electron chi connectivity index (χ1n) is 10.2. The first kappa shape index (κ1) is 21.1. The smallest absolute Gasteiger partial charge is 0.340 e. The number of hydrogen-bond donors (Lipinski definition) is 0. The summed E-state index contributed by atoms with van der Waals surface area (Å²) in [6.45, 7) is 5.77. The molecule has 0 aliphatic carbocycles. The van der Waals surface area contributed by atoms with E-state index in [-0.39, 0.29) is 5.91 Å². The number of amides is 1. The second kappa shape index (κ2) is 9.27. The van der Waals surface area contributed by atoms with Crippen LogP contribution in [0.15, 0.2) is 24.3 Å². The summed E-state index contributed by atoms with van der Waals surface area (Å²) < 4.78 is 38.7. The summed E-state index contributed by atoms with van der Waals surface area (Å²) in [5, 5.41) is 0. The maximum atomic E-state index is 12.9. The summed E-state index contributed by atoms with van der Waals surface area (Å²) >= 11 is 0. The van der Waals surface area contributed by atoms with Crippen molar-refractivity contribution in [2.45, 2.75) is 38.4 Å². The Balaban J connectivity index is 1.47. The number of carbonyl (C=O) groups is 1. The number of piperidine rings is 1. The lowest BCUT2D eigenvalue weighted by atomic mass is 9.92. The van der Waals surface area contributed by atoms with E-state index >= 15 is 0 Å². The minimum Gasteiger partial charge on any atom is -0.340 e. The number of benzene rings is 1. The number of piperazine rings is 1. The number of carbonyl (C=O) groups excluding carboxylic acids is 1. The Bertz CT molecular complexity index is 657. The average Bonchev–Trinajstić information content (AvgIpc) is 2.66. The Kier molecular flexibility index (Phi) is 6.99. The van der Waals surface area contributed by atoms with Gasteiger partial charge in [-0.15, -0.1) is 0 Å². The minimum absolute atomic E-state index is 0.239. The van der Waals surface area contributed by atoms with E-state index in [9.17, 15) is 18.0 Å². The van der Waals surface area contributed by atoms with Gasteiger partial charge in [-0.05, 0) is 50.4 Å². The second-order valence-electron chi connectivity index (χ2n) is 8.16. The molecule has 0 aromatic heterocycles. The number of nitrogens with zero attached hydrogens (tertiary/aromatic N) is 3. The molecule has 156 valence electrons. The zero-order valence-electron chi connectivity index (χ0n) is 16.5. The van der Waals surface area contributed by atoms with Crippen LogP contribution in [0.1, 0.15) is 36.8 Å². The molecule has 2 fully saturated rings. The van der Waals surface area contributed by atoms with Crippen LogP contribution >= 0.6 is 0 Å². The Hall–Kier alpha value is -1.60. The Morgan fingerprint density at radius 1 is 1.14 bits per heavy atom. The van der Waals surface area contributed by atoms with Crippen LogP contribution < -0.4 is 0 Å². The van der Waals surface area contributed by atoms with Crippen molar-refractivity contribution < 1.29 is 18.0 Å². The lowest BCUT2D eigenvalue weighted by molar-refractivity contribution is -0.137. The summed E-state index contributed by atoms with van der Waals surface area (Å²) in [7, 11) is 2.07. The van der Waals surface area contributed by atoms with Crippen molar-refractivity contribution in [3.8, 4) is 0 Å². The zero-order chi connectivity index (χ0) is 20.1. The van der Waals surface area contributed by atoms with Crippen LogP contribution in [0.5, 0.6) is 0 Å². The molecule has 0 N–H and O–H groups in total.